The fourth-order valence-electron chi connectivity index (χ4n) is 1.35. The van der Waals surface area contributed by atoms with Gasteiger partial charge in [-0.15, -0.1) is 0 Å². The Morgan fingerprint density at radius 1 is 1.50 bits per heavy atom. The highest BCUT2D eigenvalue weighted by atomic mass is 16.5. The molecule has 0 unspecified atom stereocenters. The summed E-state index contributed by atoms with van der Waals surface area (Å²) in [6.45, 7) is 4.41. The Kier molecular flexibility index (Phi) is 3.51. The lowest BCUT2D eigenvalue weighted by Gasteiger charge is -2.10. The van der Waals surface area contributed by atoms with E-state index in [0.29, 0.717) is 17.9 Å². The molecule has 0 spiro atoms. The number of amides is 1. The van der Waals surface area contributed by atoms with Gasteiger partial charge >= 0.3 is 0 Å². The van der Waals surface area contributed by atoms with Crippen LogP contribution in [-0.4, -0.2) is 19.6 Å². The van der Waals surface area contributed by atoms with E-state index < -0.39 is 0 Å². The second-order valence-electron chi connectivity index (χ2n) is 3.01. The van der Waals surface area contributed by atoms with Gasteiger partial charge in [0, 0.05) is 6.54 Å². The summed E-state index contributed by atoms with van der Waals surface area (Å²) in [6.07, 6.45) is 0. The lowest BCUT2D eigenvalue weighted by Crippen LogP contribution is -2.24. The Morgan fingerprint density at radius 3 is 2.79 bits per heavy atom. The standard InChI is InChI=1S/C11H15NO2/c1-4-12-11(13)10-8(2)6-5-7-9(10)14-3/h5-7H,4H2,1-3H3,(H,12,13). The first-order valence-corrected chi connectivity index (χ1v) is 4.62. The molecule has 0 heterocycles. The van der Waals surface area contributed by atoms with Gasteiger partial charge in [-0.2, -0.15) is 0 Å². The first-order valence-electron chi connectivity index (χ1n) is 4.62. The minimum atomic E-state index is -0.0811. The van der Waals surface area contributed by atoms with Crippen molar-refractivity contribution >= 4 is 5.91 Å². The van der Waals surface area contributed by atoms with Crippen LogP contribution >= 0.6 is 0 Å². The molecule has 0 aliphatic carbocycles. The minimum absolute atomic E-state index is 0.0811. The molecule has 0 aromatic heterocycles. The zero-order valence-electron chi connectivity index (χ0n) is 8.76. The molecule has 0 fully saturated rings. The Morgan fingerprint density at radius 2 is 2.21 bits per heavy atom. The number of carbonyl (C=O) groups excluding carboxylic acids is 1. The number of hydrogen-bond acceptors (Lipinski definition) is 2. The third-order valence-electron chi connectivity index (χ3n) is 2.02. The molecule has 0 aliphatic heterocycles. The number of hydrogen-bond donors (Lipinski definition) is 1. The molecule has 3 nitrogen and oxygen atoms in total. The molecule has 1 aromatic rings. The van der Waals surface area contributed by atoms with Gasteiger partial charge in [0.1, 0.15) is 5.75 Å². The Balaban J connectivity index is 3.10. The smallest absolute Gasteiger partial charge is 0.255 e. The number of methoxy groups -OCH3 is 1. The fraction of sp³-hybridized carbons (Fsp3) is 0.364. The van der Waals surface area contributed by atoms with Crippen molar-refractivity contribution in [2.24, 2.45) is 0 Å². The van der Waals surface area contributed by atoms with E-state index in [1.165, 1.54) is 0 Å². The first kappa shape index (κ1) is 10.6. The SMILES string of the molecule is CCNC(=O)c1c(C)cccc1OC. The van der Waals surface area contributed by atoms with Crippen LogP contribution in [0.2, 0.25) is 0 Å². The third kappa shape index (κ3) is 2.05. The largest absolute Gasteiger partial charge is 0.496 e. The average Bonchev–Trinajstić information content (AvgIpc) is 2.17. The highest BCUT2D eigenvalue weighted by Gasteiger charge is 2.13. The maximum absolute atomic E-state index is 11.7. The van der Waals surface area contributed by atoms with E-state index in [2.05, 4.69) is 5.32 Å². The third-order valence-corrected chi connectivity index (χ3v) is 2.02. The molecule has 0 saturated heterocycles. The molecule has 14 heavy (non-hydrogen) atoms. The van der Waals surface area contributed by atoms with Gasteiger partial charge in [-0.25, -0.2) is 0 Å². The predicted molar refractivity (Wildman–Crippen MR) is 55.7 cm³/mol. The summed E-state index contributed by atoms with van der Waals surface area (Å²) in [6, 6.07) is 5.56. The molecule has 3 heteroatoms. The number of nitrogens with one attached hydrogen (secondary N) is 1. The summed E-state index contributed by atoms with van der Waals surface area (Å²) < 4.78 is 5.13. The zero-order chi connectivity index (χ0) is 10.6. The molecule has 76 valence electrons. The summed E-state index contributed by atoms with van der Waals surface area (Å²) in [4.78, 5) is 11.7. The highest BCUT2D eigenvalue weighted by Crippen LogP contribution is 2.21. The van der Waals surface area contributed by atoms with Crippen LogP contribution in [0.5, 0.6) is 5.75 Å². The van der Waals surface area contributed by atoms with Gasteiger partial charge in [0.2, 0.25) is 0 Å². The van der Waals surface area contributed by atoms with Gasteiger partial charge < -0.3 is 10.1 Å². The molecular formula is C11H15NO2. The lowest BCUT2D eigenvalue weighted by atomic mass is 10.1. The van der Waals surface area contributed by atoms with Crippen LogP contribution in [0.3, 0.4) is 0 Å². The monoisotopic (exact) mass is 193 g/mol. The van der Waals surface area contributed by atoms with Crippen LogP contribution in [0.1, 0.15) is 22.8 Å². The topological polar surface area (TPSA) is 38.3 Å². The normalized spacial score (nSPS) is 9.64. The van der Waals surface area contributed by atoms with E-state index in [-0.39, 0.29) is 5.91 Å². The van der Waals surface area contributed by atoms with E-state index in [0.717, 1.165) is 5.56 Å². The average molecular weight is 193 g/mol. The van der Waals surface area contributed by atoms with Crippen molar-refractivity contribution in [3.05, 3.63) is 29.3 Å². The molecule has 0 aliphatic rings. The number of ether oxygens (including phenoxy) is 1. The van der Waals surface area contributed by atoms with Gasteiger partial charge in [0.25, 0.3) is 5.91 Å². The van der Waals surface area contributed by atoms with Crippen LogP contribution in [0, 0.1) is 6.92 Å². The molecule has 1 aromatic carbocycles. The van der Waals surface area contributed by atoms with Gasteiger partial charge in [0.15, 0.2) is 0 Å². The van der Waals surface area contributed by atoms with E-state index in [4.69, 9.17) is 4.74 Å². The summed E-state index contributed by atoms with van der Waals surface area (Å²) in [5.74, 6) is 0.540. The number of aryl methyl sites for hydroxylation is 1. The van der Waals surface area contributed by atoms with E-state index >= 15 is 0 Å². The van der Waals surface area contributed by atoms with Crippen molar-refractivity contribution < 1.29 is 9.53 Å². The molecular weight excluding hydrogens is 178 g/mol. The van der Waals surface area contributed by atoms with Crippen LogP contribution in [-0.2, 0) is 0 Å². The molecule has 1 amide bonds. The van der Waals surface area contributed by atoms with Crippen molar-refractivity contribution in [2.75, 3.05) is 13.7 Å². The summed E-state index contributed by atoms with van der Waals surface area (Å²) in [5.41, 5.74) is 1.55. The van der Waals surface area contributed by atoms with Crippen LogP contribution in [0.4, 0.5) is 0 Å². The number of carbonyl (C=O) groups is 1. The summed E-state index contributed by atoms with van der Waals surface area (Å²) in [7, 11) is 1.57. The second kappa shape index (κ2) is 4.65. The second-order valence-corrected chi connectivity index (χ2v) is 3.01. The summed E-state index contributed by atoms with van der Waals surface area (Å²) in [5, 5.41) is 2.76. The fourth-order valence-corrected chi connectivity index (χ4v) is 1.35. The van der Waals surface area contributed by atoms with Gasteiger partial charge in [-0.3, -0.25) is 4.79 Å². The molecule has 1 N–H and O–H groups in total. The maximum Gasteiger partial charge on any atom is 0.255 e. The zero-order valence-corrected chi connectivity index (χ0v) is 8.76. The van der Waals surface area contributed by atoms with E-state index in [9.17, 15) is 4.79 Å². The van der Waals surface area contributed by atoms with Crippen molar-refractivity contribution in [1.82, 2.24) is 5.32 Å². The Bertz CT molecular complexity index is 334. The Hall–Kier alpha value is -1.51. The molecule has 0 radical (unpaired) electrons. The quantitative estimate of drug-likeness (QED) is 0.794. The van der Waals surface area contributed by atoms with Crippen LogP contribution in [0.15, 0.2) is 18.2 Å². The van der Waals surface area contributed by atoms with Gasteiger partial charge in [-0.1, -0.05) is 12.1 Å². The number of rotatable bonds is 3. The van der Waals surface area contributed by atoms with Crippen LogP contribution < -0.4 is 10.1 Å². The van der Waals surface area contributed by atoms with Crippen molar-refractivity contribution in [3.63, 3.8) is 0 Å². The summed E-state index contributed by atoms with van der Waals surface area (Å²) >= 11 is 0. The Labute approximate surface area is 84.1 Å². The van der Waals surface area contributed by atoms with E-state index in [1.807, 2.05) is 26.0 Å². The van der Waals surface area contributed by atoms with Crippen molar-refractivity contribution in [3.8, 4) is 5.75 Å². The van der Waals surface area contributed by atoms with Gasteiger partial charge in [0.05, 0.1) is 12.7 Å². The highest BCUT2D eigenvalue weighted by molar-refractivity contribution is 5.98. The predicted octanol–water partition coefficient (Wildman–Crippen LogP) is 1.75. The minimum Gasteiger partial charge on any atom is -0.496 e. The molecule has 1 rings (SSSR count). The number of benzene rings is 1. The molecule has 0 atom stereocenters. The molecule has 0 saturated carbocycles. The molecule has 0 bridgehead atoms. The van der Waals surface area contributed by atoms with Gasteiger partial charge in [-0.05, 0) is 25.5 Å². The maximum atomic E-state index is 11.7. The van der Waals surface area contributed by atoms with Crippen LogP contribution in [0.25, 0.3) is 0 Å². The van der Waals surface area contributed by atoms with E-state index in [1.54, 1.807) is 13.2 Å². The first-order chi connectivity index (χ1) is 6.70. The lowest BCUT2D eigenvalue weighted by molar-refractivity contribution is 0.0952. The van der Waals surface area contributed by atoms with Crippen molar-refractivity contribution in [2.45, 2.75) is 13.8 Å². The van der Waals surface area contributed by atoms with Crippen molar-refractivity contribution in [1.29, 1.82) is 0 Å².